The molecule has 0 saturated carbocycles. The van der Waals surface area contributed by atoms with Crippen molar-refractivity contribution in [1.82, 2.24) is 15.1 Å². The van der Waals surface area contributed by atoms with Crippen LogP contribution >= 0.6 is 0 Å². The van der Waals surface area contributed by atoms with Crippen molar-refractivity contribution in [3.05, 3.63) is 18.0 Å². The van der Waals surface area contributed by atoms with Gasteiger partial charge in [0.05, 0.1) is 11.7 Å². The van der Waals surface area contributed by atoms with Crippen molar-refractivity contribution in [1.29, 1.82) is 0 Å². The molecule has 122 valence electrons. The summed E-state index contributed by atoms with van der Waals surface area (Å²) < 4.78 is 2.16. The van der Waals surface area contributed by atoms with Crippen molar-refractivity contribution in [2.24, 2.45) is 11.3 Å². The van der Waals surface area contributed by atoms with Crippen LogP contribution in [0.3, 0.4) is 0 Å². The predicted molar refractivity (Wildman–Crippen MR) is 91.7 cm³/mol. The Labute approximate surface area is 131 Å². The van der Waals surface area contributed by atoms with Gasteiger partial charge in [-0.2, -0.15) is 5.10 Å². The third-order valence-electron chi connectivity index (χ3n) is 4.55. The van der Waals surface area contributed by atoms with E-state index in [4.69, 9.17) is 5.10 Å². The van der Waals surface area contributed by atoms with Crippen molar-refractivity contribution in [3.63, 3.8) is 0 Å². The summed E-state index contributed by atoms with van der Waals surface area (Å²) in [7, 11) is 0. The average Bonchev–Trinajstić information content (AvgIpc) is 2.88. The molecule has 1 aromatic rings. The Morgan fingerprint density at radius 2 is 1.90 bits per heavy atom. The van der Waals surface area contributed by atoms with Crippen LogP contribution in [0.4, 0.5) is 0 Å². The van der Waals surface area contributed by atoms with Gasteiger partial charge in [0.2, 0.25) is 0 Å². The second-order valence-electron chi connectivity index (χ2n) is 7.12. The van der Waals surface area contributed by atoms with E-state index in [0.29, 0.717) is 17.4 Å². The molecule has 0 radical (unpaired) electrons. The monoisotopic (exact) mass is 293 g/mol. The molecule has 0 amide bonds. The van der Waals surface area contributed by atoms with E-state index in [-0.39, 0.29) is 0 Å². The molecule has 0 saturated heterocycles. The summed E-state index contributed by atoms with van der Waals surface area (Å²) >= 11 is 0. The highest BCUT2D eigenvalue weighted by atomic mass is 15.3. The van der Waals surface area contributed by atoms with Crippen LogP contribution < -0.4 is 5.32 Å². The van der Waals surface area contributed by atoms with E-state index in [1.165, 1.54) is 12.1 Å². The highest BCUT2D eigenvalue weighted by molar-refractivity contribution is 5.03. The molecule has 0 aliphatic carbocycles. The fourth-order valence-corrected chi connectivity index (χ4v) is 2.75. The number of rotatable bonds is 10. The minimum absolute atomic E-state index is 0.294. The summed E-state index contributed by atoms with van der Waals surface area (Å²) in [6, 6.07) is 2.75. The molecule has 1 aromatic heterocycles. The van der Waals surface area contributed by atoms with Crippen LogP contribution in [0.25, 0.3) is 0 Å². The van der Waals surface area contributed by atoms with Gasteiger partial charge in [0.25, 0.3) is 0 Å². The minimum Gasteiger partial charge on any atom is -0.316 e. The van der Waals surface area contributed by atoms with Crippen molar-refractivity contribution >= 4 is 0 Å². The zero-order valence-electron chi connectivity index (χ0n) is 14.9. The Kier molecular flexibility index (Phi) is 7.44. The van der Waals surface area contributed by atoms with E-state index in [9.17, 15) is 0 Å². The van der Waals surface area contributed by atoms with Crippen LogP contribution in [0.5, 0.6) is 0 Å². The molecule has 1 N–H and O–H groups in total. The van der Waals surface area contributed by atoms with Gasteiger partial charge in [-0.25, -0.2) is 0 Å². The van der Waals surface area contributed by atoms with Gasteiger partial charge in [0, 0.05) is 12.7 Å². The molecule has 21 heavy (non-hydrogen) atoms. The van der Waals surface area contributed by atoms with Crippen LogP contribution in [0.1, 0.15) is 72.5 Å². The number of aromatic nitrogens is 2. The van der Waals surface area contributed by atoms with Crippen LogP contribution in [-0.2, 0) is 6.42 Å². The fourth-order valence-electron chi connectivity index (χ4n) is 2.75. The Morgan fingerprint density at radius 3 is 2.43 bits per heavy atom. The topological polar surface area (TPSA) is 29.9 Å². The first-order chi connectivity index (χ1) is 9.94. The molecule has 3 nitrogen and oxygen atoms in total. The maximum atomic E-state index is 4.82. The largest absolute Gasteiger partial charge is 0.316 e. The molecular formula is C18H35N3. The first kappa shape index (κ1) is 18.2. The van der Waals surface area contributed by atoms with Gasteiger partial charge in [0.1, 0.15) is 0 Å². The summed E-state index contributed by atoms with van der Waals surface area (Å²) in [6.07, 6.45) is 6.69. The molecule has 0 aromatic carbocycles. The molecule has 3 heteroatoms. The number of nitrogens with zero attached hydrogens (tertiary/aromatic N) is 2. The number of hydrogen-bond donors (Lipinski definition) is 1. The zero-order chi connectivity index (χ0) is 15.9. The SMILES string of the molecule is CCC(CC)n1ccc(CC(C)(CC)CNCC(C)C)n1. The molecule has 1 unspecified atom stereocenters. The van der Waals surface area contributed by atoms with Gasteiger partial charge in [0.15, 0.2) is 0 Å². The van der Waals surface area contributed by atoms with Gasteiger partial charge >= 0.3 is 0 Å². The summed E-state index contributed by atoms with van der Waals surface area (Å²) in [4.78, 5) is 0. The lowest BCUT2D eigenvalue weighted by Gasteiger charge is -2.28. The van der Waals surface area contributed by atoms with Gasteiger partial charge in [-0.15, -0.1) is 0 Å². The normalized spacial score (nSPS) is 14.9. The van der Waals surface area contributed by atoms with Crippen molar-refractivity contribution in [2.45, 2.75) is 73.3 Å². The smallest absolute Gasteiger partial charge is 0.0630 e. The third kappa shape index (κ3) is 5.82. The van der Waals surface area contributed by atoms with Gasteiger partial charge in [-0.1, -0.05) is 41.5 Å². The molecule has 1 atom stereocenters. The third-order valence-corrected chi connectivity index (χ3v) is 4.55. The van der Waals surface area contributed by atoms with E-state index < -0.39 is 0 Å². The second-order valence-corrected chi connectivity index (χ2v) is 7.12. The molecule has 0 aliphatic rings. The summed E-state index contributed by atoms with van der Waals surface area (Å²) in [5.74, 6) is 0.709. The van der Waals surface area contributed by atoms with Crippen LogP contribution in [0.15, 0.2) is 12.3 Å². The zero-order valence-corrected chi connectivity index (χ0v) is 14.9. The van der Waals surface area contributed by atoms with E-state index in [2.05, 4.69) is 63.8 Å². The quantitative estimate of drug-likeness (QED) is 0.691. The maximum Gasteiger partial charge on any atom is 0.0630 e. The van der Waals surface area contributed by atoms with Gasteiger partial charge in [-0.3, -0.25) is 4.68 Å². The van der Waals surface area contributed by atoms with Crippen LogP contribution in [0.2, 0.25) is 0 Å². The maximum absolute atomic E-state index is 4.82. The van der Waals surface area contributed by atoms with Crippen LogP contribution in [0, 0.1) is 11.3 Å². The highest BCUT2D eigenvalue weighted by Crippen LogP contribution is 2.26. The van der Waals surface area contributed by atoms with E-state index in [1.807, 2.05) is 0 Å². The highest BCUT2D eigenvalue weighted by Gasteiger charge is 2.24. The lowest BCUT2D eigenvalue weighted by Crippen LogP contribution is -2.35. The van der Waals surface area contributed by atoms with E-state index in [1.54, 1.807) is 0 Å². The first-order valence-corrected chi connectivity index (χ1v) is 8.68. The molecular weight excluding hydrogens is 258 g/mol. The molecule has 1 rings (SSSR count). The number of hydrogen-bond acceptors (Lipinski definition) is 2. The molecule has 0 aliphatic heterocycles. The standard InChI is InChI=1S/C18H35N3/c1-7-17(8-2)21-11-10-16(20-21)12-18(6,9-3)14-19-13-15(4)5/h10-11,15,17,19H,7-9,12-14H2,1-6H3. The van der Waals surface area contributed by atoms with Gasteiger partial charge < -0.3 is 5.32 Å². The average molecular weight is 293 g/mol. The Bertz CT molecular complexity index is 393. The molecule has 0 spiro atoms. The lowest BCUT2D eigenvalue weighted by atomic mass is 9.82. The van der Waals surface area contributed by atoms with Crippen molar-refractivity contribution in [2.75, 3.05) is 13.1 Å². The predicted octanol–water partition coefficient (Wildman–Crippen LogP) is 4.45. The number of nitrogens with one attached hydrogen (secondary N) is 1. The fraction of sp³-hybridized carbons (Fsp3) is 0.833. The van der Waals surface area contributed by atoms with E-state index >= 15 is 0 Å². The van der Waals surface area contributed by atoms with Gasteiger partial charge in [-0.05, 0) is 49.6 Å². The Hall–Kier alpha value is -0.830. The lowest BCUT2D eigenvalue weighted by molar-refractivity contribution is 0.280. The summed E-state index contributed by atoms with van der Waals surface area (Å²) in [5.41, 5.74) is 1.53. The van der Waals surface area contributed by atoms with Crippen molar-refractivity contribution < 1.29 is 0 Å². The minimum atomic E-state index is 0.294. The molecule has 0 fully saturated rings. The Balaban J connectivity index is 2.63. The molecule has 1 heterocycles. The van der Waals surface area contributed by atoms with Crippen LogP contribution in [-0.4, -0.2) is 22.9 Å². The molecule has 0 bridgehead atoms. The Morgan fingerprint density at radius 1 is 1.24 bits per heavy atom. The summed E-state index contributed by atoms with van der Waals surface area (Å²) in [6.45, 7) is 15.8. The van der Waals surface area contributed by atoms with E-state index in [0.717, 1.165) is 32.4 Å². The van der Waals surface area contributed by atoms with Crippen molar-refractivity contribution in [3.8, 4) is 0 Å². The first-order valence-electron chi connectivity index (χ1n) is 8.68. The second kappa shape index (κ2) is 8.57. The summed E-state index contributed by atoms with van der Waals surface area (Å²) in [5, 5.41) is 8.43.